The van der Waals surface area contributed by atoms with Crippen LogP contribution in [0.25, 0.3) is 0 Å². The third-order valence-corrected chi connectivity index (χ3v) is 12.9. The summed E-state index contributed by atoms with van der Waals surface area (Å²) in [6.45, 7) is 10.0. The van der Waals surface area contributed by atoms with E-state index < -0.39 is 50.3 Å². The Labute approximate surface area is 275 Å². The Morgan fingerprint density at radius 1 is 1.06 bits per heavy atom. The molecule has 0 heterocycles. The van der Waals surface area contributed by atoms with E-state index in [1.165, 1.54) is 13.8 Å². The molecular weight excluding hydrogens is 638 g/mol. The minimum Gasteiger partial charge on any atom is -0.459 e. The van der Waals surface area contributed by atoms with Crippen LogP contribution in [0.5, 0.6) is 0 Å². The molecule has 4 saturated carbocycles. The average molecular weight is 685 g/mol. The van der Waals surface area contributed by atoms with Crippen molar-refractivity contribution >= 4 is 39.4 Å². The number of alkyl halides is 2. The van der Waals surface area contributed by atoms with E-state index in [0.29, 0.717) is 38.5 Å². The molecule has 0 aromatic carbocycles. The molecule has 0 spiro atoms. The number of ketones is 3. The Hall–Kier alpha value is -2.72. The van der Waals surface area contributed by atoms with E-state index in [9.17, 15) is 41.2 Å². The van der Waals surface area contributed by atoms with E-state index in [-0.39, 0.29) is 64.7 Å². The summed E-state index contributed by atoms with van der Waals surface area (Å²) in [6, 6.07) is 0. The highest BCUT2D eigenvalue weighted by atomic mass is 32.2. The fourth-order valence-corrected chi connectivity index (χ4v) is 9.88. The first-order valence-corrected chi connectivity index (χ1v) is 17.7. The maximum Gasteiger partial charge on any atom is 0.465 e. The topological polar surface area (TPSA) is 158 Å². The SMILES string of the molecule is C#CC(C)(CC(C)(C)OC(=O)CC[C@@H](C)[C@H]1CC[C@H]2[C@@H]3C(=O)C[C@@H]4CC(=O)CC[C@]4(C)[C@H]3CC(=O)[C@]12C)OC(=O)C(F)(F)S(=O)(=O)O. The second-order valence-electron chi connectivity index (χ2n) is 15.6. The monoisotopic (exact) mass is 684 g/mol. The summed E-state index contributed by atoms with van der Waals surface area (Å²) in [5.41, 5.74) is -4.48. The van der Waals surface area contributed by atoms with Gasteiger partial charge in [0, 0.05) is 49.9 Å². The van der Waals surface area contributed by atoms with E-state index >= 15 is 0 Å². The molecule has 0 aliphatic heterocycles. The smallest absolute Gasteiger partial charge is 0.459 e. The van der Waals surface area contributed by atoms with Crippen molar-refractivity contribution in [3.05, 3.63) is 0 Å². The number of rotatable bonds is 10. The van der Waals surface area contributed by atoms with Crippen LogP contribution in [0.3, 0.4) is 0 Å². The summed E-state index contributed by atoms with van der Waals surface area (Å²) < 4.78 is 68.3. The van der Waals surface area contributed by atoms with Gasteiger partial charge in [-0.25, -0.2) is 4.79 Å². The van der Waals surface area contributed by atoms with Crippen molar-refractivity contribution in [1.82, 2.24) is 0 Å². The first-order chi connectivity index (χ1) is 21.4. The third-order valence-electron chi connectivity index (χ3n) is 12.0. The van der Waals surface area contributed by atoms with Crippen molar-refractivity contribution in [3.8, 4) is 12.3 Å². The molecule has 4 aliphatic carbocycles. The summed E-state index contributed by atoms with van der Waals surface area (Å²) >= 11 is 0. The normalized spacial score (nSPS) is 34.6. The Morgan fingerprint density at radius 2 is 1.70 bits per heavy atom. The lowest BCUT2D eigenvalue weighted by Gasteiger charge is -2.58. The highest BCUT2D eigenvalue weighted by Crippen LogP contribution is 2.66. The molecule has 0 aromatic rings. The molecule has 0 saturated heterocycles. The highest BCUT2D eigenvalue weighted by molar-refractivity contribution is 7.87. The van der Waals surface area contributed by atoms with E-state index in [4.69, 9.17) is 15.7 Å². The zero-order chi connectivity index (χ0) is 35.5. The molecule has 262 valence electrons. The molecule has 4 fully saturated rings. The lowest BCUT2D eigenvalue weighted by atomic mass is 9.44. The highest BCUT2D eigenvalue weighted by Gasteiger charge is 2.66. The molecule has 13 heteroatoms. The van der Waals surface area contributed by atoms with E-state index in [1.54, 1.807) is 0 Å². The number of Topliss-reactive ketones (excluding diaryl/α,β-unsaturated/α-hetero) is 3. The number of fused-ring (bicyclic) bond motifs is 5. The summed E-state index contributed by atoms with van der Waals surface area (Å²) in [5, 5.41) is -5.25. The standard InChI is InChI=1S/C34H46F2O10S/c1-8-31(5,46-29(41)34(35,36)47(42,43)44)18-30(3,4)45-27(40)12-9-19(2)22-10-11-23-28-24(17-26(39)33(22,23)7)32(6)14-13-21(37)15-20(32)16-25(28)38/h1,19-20,22-24,28H,9-18H2,2-7H3,(H,42,43,44)/t19-,20+,22-,23+,24+,28+,31?,32+,33-/m1/s1. The predicted molar refractivity (Wildman–Crippen MR) is 164 cm³/mol. The number of carbonyl (C=O) groups is 5. The van der Waals surface area contributed by atoms with Gasteiger partial charge in [-0.3, -0.25) is 23.7 Å². The van der Waals surface area contributed by atoms with Gasteiger partial charge < -0.3 is 9.47 Å². The molecule has 4 rings (SSSR count). The van der Waals surface area contributed by atoms with E-state index in [1.807, 2.05) is 19.8 Å². The number of esters is 2. The number of halogens is 2. The van der Waals surface area contributed by atoms with Crippen molar-refractivity contribution < 1.29 is 55.2 Å². The second kappa shape index (κ2) is 12.3. The van der Waals surface area contributed by atoms with Gasteiger partial charge in [0.1, 0.15) is 23.0 Å². The molecular formula is C34H46F2O10S. The van der Waals surface area contributed by atoms with Gasteiger partial charge in [0.25, 0.3) is 0 Å². The molecule has 1 unspecified atom stereocenters. The zero-order valence-electron chi connectivity index (χ0n) is 27.9. The van der Waals surface area contributed by atoms with Gasteiger partial charge in [-0.2, -0.15) is 17.2 Å². The van der Waals surface area contributed by atoms with Gasteiger partial charge in [-0.1, -0.05) is 26.7 Å². The lowest BCUT2D eigenvalue weighted by Crippen LogP contribution is -2.60. The van der Waals surface area contributed by atoms with Crippen LogP contribution in [0.4, 0.5) is 8.78 Å². The third kappa shape index (κ3) is 6.65. The fraction of sp³-hybridized carbons (Fsp3) is 0.794. The molecule has 0 amide bonds. The van der Waals surface area contributed by atoms with Gasteiger partial charge in [0.15, 0.2) is 5.60 Å². The average Bonchev–Trinajstić information content (AvgIpc) is 3.30. The Kier molecular flexibility index (Phi) is 9.72. The van der Waals surface area contributed by atoms with Crippen LogP contribution in [0, 0.1) is 58.7 Å². The molecule has 4 aliphatic rings. The molecule has 47 heavy (non-hydrogen) atoms. The predicted octanol–water partition coefficient (Wildman–Crippen LogP) is 5.12. The molecule has 0 aromatic heterocycles. The van der Waals surface area contributed by atoms with Gasteiger partial charge in [-0.05, 0) is 81.5 Å². The van der Waals surface area contributed by atoms with Crippen molar-refractivity contribution in [2.75, 3.05) is 0 Å². The van der Waals surface area contributed by atoms with Crippen LogP contribution in [0.2, 0.25) is 0 Å². The maximum atomic E-state index is 14.0. The maximum absolute atomic E-state index is 14.0. The molecule has 0 radical (unpaired) electrons. The van der Waals surface area contributed by atoms with E-state index in [2.05, 4.69) is 11.7 Å². The van der Waals surface area contributed by atoms with Crippen molar-refractivity contribution in [3.63, 3.8) is 0 Å². The van der Waals surface area contributed by atoms with Gasteiger partial charge in [0.2, 0.25) is 0 Å². The minimum absolute atomic E-state index is 0.00998. The molecule has 1 N–H and O–H groups in total. The quantitative estimate of drug-likeness (QED) is 0.186. The second-order valence-corrected chi connectivity index (χ2v) is 17.1. The lowest BCUT2D eigenvalue weighted by molar-refractivity contribution is -0.178. The van der Waals surface area contributed by atoms with Gasteiger partial charge in [0.05, 0.1) is 0 Å². The van der Waals surface area contributed by atoms with Crippen molar-refractivity contribution in [2.24, 2.45) is 46.3 Å². The molecule has 10 nitrogen and oxygen atoms in total. The summed E-state index contributed by atoms with van der Waals surface area (Å²) in [4.78, 5) is 64.7. The number of ether oxygens (including phenoxy) is 2. The molecule has 0 bridgehead atoms. The van der Waals surface area contributed by atoms with Gasteiger partial charge >= 0.3 is 27.3 Å². The van der Waals surface area contributed by atoms with Crippen LogP contribution in [0.1, 0.15) is 106 Å². The Bertz CT molecular complexity index is 1500. The first kappa shape index (κ1) is 37.1. The van der Waals surface area contributed by atoms with Crippen molar-refractivity contribution in [1.29, 1.82) is 0 Å². The summed E-state index contributed by atoms with van der Waals surface area (Å²) in [6.07, 6.45) is 9.05. The van der Waals surface area contributed by atoms with Crippen LogP contribution in [-0.2, 0) is 43.6 Å². The first-order valence-electron chi connectivity index (χ1n) is 16.3. The number of terminal acetylenes is 1. The fourth-order valence-electron chi connectivity index (χ4n) is 9.63. The van der Waals surface area contributed by atoms with Crippen LogP contribution >= 0.6 is 0 Å². The minimum atomic E-state index is -6.11. The Morgan fingerprint density at radius 3 is 2.30 bits per heavy atom. The number of hydrogen-bond acceptors (Lipinski definition) is 9. The number of carbonyl (C=O) groups excluding carboxylic acids is 5. The van der Waals surface area contributed by atoms with E-state index in [0.717, 1.165) is 19.8 Å². The van der Waals surface area contributed by atoms with Crippen LogP contribution < -0.4 is 0 Å². The summed E-state index contributed by atoms with van der Waals surface area (Å²) in [7, 11) is -6.11. The molecule has 9 atom stereocenters. The van der Waals surface area contributed by atoms with Crippen LogP contribution in [-0.4, -0.2) is 58.7 Å². The van der Waals surface area contributed by atoms with Crippen molar-refractivity contribution in [2.45, 2.75) is 122 Å². The zero-order valence-corrected chi connectivity index (χ0v) is 28.7. The summed E-state index contributed by atoms with van der Waals surface area (Å²) in [5.74, 6) is -1.20. The largest absolute Gasteiger partial charge is 0.465 e. The number of hydrogen-bond donors (Lipinski definition) is 1. The van der Waals surface area contributed by atoms with Crippen LogP contribution in [0.15, 0.2) is 0 Å². The Balaban J connectivity index is 1.39. The van der Waals surface area contributed by atoms with Gasteiger partial charge in [-0.15, -0.1) is 6.42 Å².